The fraction of sp³-hybridized carbons (Fsp3) is 0.500. The van der Waals surface area contributed by atoms with E-state index in [1.165, 1.54) is 14.2 Å². The number of carbonyl (C=O) groups is 1. The van der Waals surface area contributed by atoms with E-state index in [9.17, 15) is 4.79 Å². The van der Waals surface area contributed by atoms with Gasteiger partial charge in [-0.25, -0.2) is 4.79 Å². The lowest BCUT2D eigenvalue weighted by atomic mass is 10.6. The molecule has 0 aliphatic rings. The van der Waals surface area contributed by atoms with Crippen molar-refractivity contribution in [3.8, 4) is 12.0 Å². The zero-order chi connectivity index (χ0) is 11.3. The lowest BCUT2D eigenvalue weighted by Crippen LogP contribution is -2.12. The van der Waals surface area contributed by atoms with Gasteiger partial charge in [-0.2, -0.15) is 9.97 Å². The van der Waals surface area contributed by atoms with Gasteiger partial charge in [-0.15, -0.1) is 4.98 Å². The summed E-state index contributed by atoms with van der Waals surface area (Å²) in [6.45, 7) is 1.93. The fourth-order valence-electron chi connectivity index (χ4n) is 0.808. The van der Waals surface area contributed by atoms with Crippen LogP contribution < -0.4 is 9.47 Å². The van der Waals surface area contributed by atoms with Gasteiger partial charge in [0.1, 0.15) is 0 Å². The molecule has 0 aliphatic carbocycles. The van der Waals surface area contributed by atoms with Crippen LogP contribution >= 0.6 is 0 Å². The van der Waals surface area contributed by atoms with Gasteiger partial charge >= 0.3 is 18.0 Å². The van der Waals surface area contributed by atoms with Crippen molar-refractivity contribution in [3.63, 3.8) is 0 Å². The Kier molecular flexibility index (Phi) is 3.78. The fourth-order valence-corrected chi connectivity index (χ4v) is 0.808. The van der Waals surface area contributed by atoms with Crippen molar-refractivity contribution < 1.29 is 19.0 Å². The van der Waals surface area contributed by atoms with Crippen LogP contribution in [0.4, 0.5) is 0 Å². The van der Waals surface area contributed by atoms with Crippen LogP contribution in [0.15, 0.2) is 0 Å². The molecule has 82 valence electrons. The smallest absolute Gasteiger partial charge is 0.376 e. The molecule has 0 bridgehead atoms. The number of methoxy groups -OCH3 is 2. The summed E-state index contributed by atoms with van der Waals surface area (Å²) in [5.41, 5.74) is 0. The lowest BCUT2D eigenvalue weighted by Gasteiger charge is -2.04. The second-order valence-electron chi connectivity index (χ2n) is 2.35. The first-order chi connectivity index (χ1) is 7.21. The number of hydrogen-bond donors (Lipinski definition) is 0. The van der Waals surface area contributed by atoms with Crippen molar-refractivity contribution in [1.82, 2.24) is 15.0 Å². The monoisotopic (exact) mass is 213 g/mol. The van der Waals surface area contributed by atoms with Crippen LogP contribution in [0.3, 0.4) is 0 Å². The predicted molar refractivity (Wildman–Crippen MR) is 48.9 cm³/mol. The summed E-state index contributed by atoms with van der Waals surface area (Å²) in [6, 6.07) is 0.00908. The van der Waals surface area contributed by atoms with E-state index in [0.29, 0.717) is 0 Å². The van der Waals surface area contributed by atoms with Crippen molar-refractivity contribution in [2.45, 2.75) is 6.92 Å². The van der Waals surface area contributed by atoms with E-state index in [-0.39, 0.29) is 24.5 Å². The third kappa shape index (κ3) is 2.76. The highest BCUT2D eigenvalue weighted by Gasteiger charge is 2.15. The Morgan fingerprint density at radius 1 is 1.13 bits per heavy atom. The first-order valence-corrected chi connectivity index (χ1v) is 4.22. The Labute approximate surface area is 86.4 Å². The van der Waals surface area contributed by atoms with Crippen molar-refractivity contribution in [1.29, 1.82) is 0 Å². The Balaban J connectivity index is 3.01. The average molecular weight is 213 g/mol. The summed E-state index contributed by atoms with van der Waals surface area (Å²) in [4.78, 5) is 22.5. The zero-order valence-electron chi connectivity index (χ0n) is 8.68. The Hall–Kier alpha value is -1.92. The molecular weight excluding hydrogens is 202 g/mol. The Bertz CT molecular complexity index is 333. The standard InChI is InChI=1S/C8H11N3O4/c1-4-15-6(12)5-9-7(13-2)11-8(10-5)14-3/h4H2,1-3H3. The van der Waals surface area contributed by atoms with Crippen molar-refractivity contribution in [3.05, 3.63) is 5.82 Å². The van der Waals surface area contributed by atoms with Crippen LogP contribution in [0.5, 0.6) is 12.0 Å². The third-order valence-corrected chi connectivity index (χ3v) is 1.42. The van der Waals surface area contributed by atoms with Crippen LogP contribution in [-0.2, 0) is 4.74 Å². The molecule has 0 aliphatic heterocycles. The van der Waals surface area contributed by atoms with Gasteiger partial charge in [0.15, 0.2) is 0 Å². The van der Waals surface area contributed by atoms with Crippen LogP contribution in [0.1, 0.15) is 17.5 Å². The maximum atomic E-state index is 11.3. The van der Waals surface area contributed by atoms with E-state index in [1.54, 1.807) is 6.92 Å². The molecule has 1 aromatic rings. The maximum Gasteiger partial charge on any atom is 0.376 e. The second kappa shape index (κ2) is 5.08. The summed E-state index contributed by atoms with van der Waals surface area (Å²) >= 11 is 0. The van der Waals surface area contributed by atoms with E-state index in [0.717, 1.165) is 0 Å². The van der Waals surface area contributed by atoms with Crippen LogP contribution in [0.2, 0.25) is 0 Å². The summed E-state index contributed by atoms with van der Waals surface area (Å²) < 4.78 is 14.3. The normalized spacial score (nSPS) is 9.53. The molecule has 0 radical (unpaired) electrons. The van der Waals surface area contributed by atoms with Crippen molar-refractivity contribution >= 4 is 5.97 Å². The average Bonchev–Trinajstić information content (AvgIpc) is 2.28. The van der Waals surface area contributed by atoms with Gasteiger partial charge in [0.2, 0.25) is 5.82 Å². The molecule has 0 fully saturated rings. The molecule has 0 unspecified atom stereocenters. The number of ether oxygens (including phenoxy) is 3. The Morgan fingerprint density at radius 2 is 1.67 bits per heavy atom. The molecule has 0 aromatic carbocycles. The van der Waals surface area contributed by atoms with Gasteiger partial charge in [0.25, 0.3) is 0 Å². The first kappa shape index (κ1) is 11.2. The number of rotatable bonds is 4. The number of hydrogen-bond acceptors (Lipinski definition) is 7. The number of nitrogens with zero attached hydrogens (tertiary/aromatic N) is 3. The van der Waals surface area contributed by atoms with Gasteiger partial charge in [-0.3, -0.25) is 0 Å². The highest BCUT2D eigenvalue weighted by molar-refractivity contribution is 5.85. The quantitative estimate of drug-likeness (QED) is 0.654. The molecule has 0 N–H and O–H groups in total. The van der Waals surface area contributed by atoms with E-state index in [1.807, 2.05) is 0 Å². The molecule has 1 aromatic heterocycles. The zero-order valence-corrected chi connectivity index (χ0v) is 8.68. The van der Waals surface area contributed by atoms with Gasteiger partial charge in [-0.05, 0) is 6.92 Å². The molecular formula is C8H11N3O4. The molecule has 1 rings (SSSR count). The maximum absolute atomic E-state index is 11.3. The molecule has 0 atom stereocenters. The molecule has 0 amide bonds. The first-order valence-electron chi connectivity index (χ1n) is 4.22. The molecule has 0 saturated heterocycles. The van der Waals surface area contributed by atoms with Gasteiger partial charge in [0.05, 0.1) is 20.8 Å². The highest BCUT2D eigenvalue weighted by Crippen LogP contribution is 2.09. The number of carbonyl (C=O) groups excluding carboxylic acids is 1. The SMILES string of the molecule is CCOC(=O)c1nc(OC)nc(OC)n1. The van der Waals surface area contributed by atoms with E-state index in [2.05, 4.69) is 15.0 Å². The summed E-state index contributed by atoms with van der Waals surface area (Å²) in [5, 5.41) is 0. The number of aromatic nitrogens is 3. The largest absolute Gasteiger partial charge is 0.467 e. The topological polar surface area (TPSA) is 83.4 Å². The predicted octanol–water partition coefficient (Wildman–Crippen LogP) is 0.0655. The molecule has 7 nitrogen and oxygen atoms in total. The molecule has 0 spiro atoms. The summed E-state index contributed by atoms with van der Waals surface area (Å²) in [5.74, 6) is -0.781. The van der Waals surface area contributed by atoms with Crippen LogP contribution in [0, 0.1) is 0 Å². The van der Waals surface area contributed by atoms with E-state index in [4.69, 9.17) is 14.2 Å². The summed E-state index contributed by atoms with van der Waals surface area (Å²) in [7, 11) is 2.76. The van der Waals surface area contributed by atoms with Gasteiger partial charge in [-0.1, -0.05) is 0 Å². The van der Waals surface area contributed by atoms with E-state index >= 15 is 0 Å². The minimum Gasteiger partial charge on any atom is -0.467 e. The van der Waals surface area contributed by atoms with Crippen molar-refractivity contribution in [2.75, 3.05) is 20.8 Å². The van der Waals surface area contributed by atoms with Crippen LogP contribution in [0.25, 0.3) is 0 Å². The minimum absolute atomic E-state index is 0.00454. The second-order valence-corrected chi connectivity index (χ2v) is 2.35. The highest BCUT2D eigenvalue weighted by atomic mass is 16.5. The van der Waals surface area contributed by atoms with Gasteiger partial charge < -0.3 is 14.2 Å². The molecule has 15 heavy (non-hydrogen) atoms. The molecule has 0 saturated carbocycles. The van der Waals surface area contributed by atoms with Crippen molar-refractivity contribution in [2.24, 2.45) is 0 Å². The summed E-state index contributed by atoms with van der Waals surface area (Å²) in [6.07, 6.45) is 0. The lowest BCUT2D eigenvalue weighted by molar-refractivity contribution is 0.0508. The minimum atomic E-state index is -0.642. The third-order valence-electron chi connectivity index (χ3n) is 1.42. The Morgan fingerprint density at radius 3 is 2.07 bits per heavy atom. The molecule has 7 heteroatoms. The molecule has 1 heterocycles. The van der Waals surface area contributed by atoms with E-state index < -0.39 is 5.97 Å². The van der Waals surface area contributed by atoms with Gasteiger partial charge in [0, 0.05) is 0 Å². The number of esters is 1. The van der Waals surface area contributed by atoms with Crippen LogP contribution in [-0.4, -0.2) is 41.7 Å².